The molecule has 0 aliphatic carbocycles. The molecule has 0 amide bonds. The van der Waals surface area contributed by atoms with Gasteiger partial charge in [-0.1, -0.05) is 30.3 Å². The molecule has 1 heterocycles. The molecule has 0 aromatic heterocycles. The van der Waals surface area contributed by atoms with Crippen LogP contribution >= 0.6 is 0 Å². The van der Waals surface area contributed by atoms with Gasteiger partial charge in [0.25, 0.3) is 0 Å². The summed E-state index contributed by atoms with van der Waals surface area (Å²) in [5.74, 6) is 1.80. The second-order valence-electron chi connectivity index (χ2n) is 6.08. The smallest absolute Gasteiger partial charge is 0.193 e. The molecule has 2 rings (SSSR count). The predicted octanol–water partition coefficient (Wildman–Crippen LogP) is 2.94. The Morgan fingerprint density at radius 3 is 2.87 bits per heavy atom. The van der Waals surface area contributed by atoms with Crippen LogP contribution in [0.2, 0.25) is 0 Å². The maximum atomic E-state index is 5.38. The molecule has 128 valence electrons. The van der Waals surface area contributed by atoms with Gasteiger partial charge in [0, 0.05) is 39.4 Å². The maximum absolute atomic E-state index is 5.38. The van der Waals surface area contributed by atoms with Crippen molar-refractivity contribution in [1.82, 2.24) is 10.2 Å². The number of hydrogen-bond acceptors (Lipinski definition) is 2. The number of likely N-dealkylation sites (tertiary alicyclic amines) is 1. The van der Waals surface area contributed by atoms with Crippen molar-refractivity contribution in [3.8, 4) is 0 Å². The highest BCUT2D eigenvalue weighted by Gasteiger charge is 2.24. The molecule has 1 atom stereocenters. The van der Waals surface area contributed by atoms with Crippen molar-refractivity contribution in [2.45, 2.75) is 33.1 Å². The van der Waals surface area contributed by atoms with Crippen LogP contribution in [0.25, 0.3) is 0 Å². The Morgan fingerprint density at radius 1 is 1.30 bits per heavy atom. The highest BCUT2D eigenvalue weighted by atomic mass is 16.5. The Balaban J connectivity index is 1.82. The lowest BCUT2D eigenvalue weighted by Crippen LogP contribution is -2.40. The molecule has 1 aromatic carbocycles. The summed E-state index contributed by atoms with van der Waals surface area (Å²) < 4.78 is 5.38. The van der Waals surface area contributed by atoms with Gasteiger partial charge in [0.05, 0.1) is 0 Å². The van der Waals surface area contributed by atoms with E-state index in [-0.39, 0.29) is 0 Å². The minimum atomic E-state index is 0.727. The summed E-state index contributed by atoms with van der Waals surface area (Å²) in [5.41, 5.74) is 1.44. The summed E-state index contributed by atoms with van der Waals surface area (Å²) >= 11 is 0. The number of nitrogens with zero attached hydrogens (tertiary/aromatic N) is 2. The first kappa shape index (κ1) is 17.8. The van der Waals surface area contributed by atoms with Crippen LogP contribution in [0.15, 0.2) is 35.3 Å². The molecule has 1 aliphatic rings. The van der Waals surface area contributed by atoms with Gasteiger partial charge in [-0.2, -0.15) is 0 Å². The van der Waals surface area contributed by atoms with E-state index in [2.05, 4.69) is 47.5 Å². The fraction of sp³-hybridized carbons (Fsp3) is 0.632. The average Bonchev–Trinajstić information content (AvgIpc) is 3.03. The van der Waals surface area contributed by atoms with E-state index in [0.717, 1.165) is 57.7 Å². The average molecular weight is 317 g/mol. The standard InChI is InChI=1S/C19H31N3O/c1-3-20-19(21-12-8-14-23-4-2)22-13-11-18(16-22)15-17-9-6-5-7-10-17/h5-7,9-10,18H,3-4,8,11-16H2,1-2H3,(H,20,21). The second kappa shape index (κ2) is 10.3. The Kier molecular flexibility index (Phi) is 7.95. The quantitative estimate of drug-likeness (QED) is 0.455. The van der Waals surface area contributed by atoms with Gasteiger partial charge in [0.1, 0.15) is 0 Å². The molecule has 4 heteroatoms. The number of benzene rings is 1. The van der Waals surface area contributed by atoms with Gasteiger partial charge in [-0.25, -0.2) is 0 Å². The summed E-state index contributed by atoms with van der Waals surface area (Å²) in [6.07, 6.45) is 3.41. The van der Waals surface area contributed by atoms with E-state index < -0.39 is 0 Å². The van der Waals surface area contributed by atoms with Gasteiger partial charge in [-0.05, 0) is 44.6 Å². The number of rotatable bonds is 8. The van der Waals surface area contributed by atoms with E-state index in [1.54, 1.807) is 0 Å². The third-order valence-electron chi connectivity index (χ3n) is 4.20. The molecule has 1 fully saturated rings. The molecule has 0 radical (unpaired) electrons. The molecule has 1 unspecified atom stereocenters. The number of nitrogens with one attached hydrogen (secondary N) is 1. The SMILES string of the molecule is CCNC(=NCCCOCC)N1CCC(Cc2ccccc2)C1. The number of hydrogen-bond donors (Lipinski definition) is 1. The summed E-state index contributed by atoms with van der Waals surface area (Å²) in [4.78, 5) is 7.17. The van der Waals surface area contributed by atoms with Crippen molar-refractivity contribution in [2.24, 2.45) is 10.9 Å². The van der Waals surface area contributed by atoms with Crippen LogP contribution in [-0.4, -0.2) is 50.3 Å². The molecule has 4 nitrogen and oxygen atoms in total. The highest BCUT2D eigenvalue weighted by molar-refractivity contribution is 5.80. The number of aliphatic imine (C=N–C) groups is 1. The van der Waals surface area contributed by atoms with Gasteiger partial charge in [0.2, 0.25) is 0 Å². The molecule has 0 spiro atoms. The molecule has 0 bridgehead atoms. The number of guanidine groups is 1. The fourth-order valence-electron chi connectivity index (χ4n) is 3.06. The Labute approximate surface area is 140 Å². The Bertz CT molecular complexity index is 461. The molecule has 23 heavy (non-hydrogen) atoms. The zero-order chi connectivity index (χ0) is 16.3. The molecular weight excluding hydrogens is 286 g/mol. The maximum Gasteiger partial charge on any atom is 0.193 e. The third kappa shape index (κ3) is 6.22. The van der Waals surface area contributed by atoms with Crippen molar-refractivity contribution >= 4 is 5.96 Å². The summed E-state index contributed by atoms with van der Waals surface area (Å²) in [7, 11) is 0. The van der Waals surface area contributed by atoms with Gasteiger partial charge in [-0.15, -0.1) is 0 Å². The van der Waals surface area contributed by atoms with Crippen LogP contribution < -0.4 is 5.32 Å². The molecule has 1 aromatic rings. The van der Waals surface area contributed by atoms with E-state index in [4.69, 9.17) is 9.73 Å². The van der Waals surface area contributed by atoms with Crippen LogP contribution in [0.3, 0.4) is 0 Å². The number of ether oxygens (including phenoxy) is 1. The molecule has 1 aliphatic heterocycles. The molecule has 1 N–H and O–H groups in total. The molecule has 0 saturated carbocycles. The van der Waals surface area contributed by atoms with Gasteiger partial charge in [0.15, 0.2) is 5.96 Å². The lowest BCUT2D eigenvalue weighted by Gasteiger charge is -2.21. The van der Waals surface area contributed by atoms with Gasteiger partial charge in [-0.3, -0.25) is 4.99 Å². The first-order chi connectivity index (χ1) is 11.3. The Morgan fingerprint density at radius 2 is 2.13 bits per heavy atom. The predicted molar refractivity (Wildman–Crippen MR) is 96.9 cm³/mol. The first-order valence-electron chi connectivity index (χ1n) is 8.98. The van der Waals surface area contributed by atoms with E-state index in [1.165, 1.54) is 18.4 Å². The van der Waals surface area contributed by atoms with Gasteiger partial charge < -0.3 is 15.0 Å². The van der Waals surface area contributed by atoms with Crippen molar-refractivity contribution in [3.63, 3.8) is 0 Å². The topological polar surface area (TPSA) is 36.9 Å². The Hall–Kier alpha value is -1.55. The van der Waals surface area contributed by atoms with Crippen molar-refractivity contribution in [2.75, 3.05) is 39.4 Å². The van der Waals surface area contributed by atoms with Crippen LogP contribution in [0.5, 0.6) is 0 Å². The third-order valence-corrected chi connectivity index (χ3v) is 4.20. The minimum Gasteiger partial charge on any atom is -0.382 e. The van der Waals surface area contributed by atoms with Crippen molar-refractivity contribution in [3.05, 3.63) is 35.9 Å². The molecular formula is C19H31N3O. The molecule has 1 saturated heterocycles. The van der Waals surface area contributed by atoms with E-state index in [0.29, 0.717) is 0 Å². The largest absolute Gasteiger partial charge is 0.382 e. The summed E-state index contributed by atoms with van der Waals surface area (Å²) in [6.45, 7) is 9.72. The first-order valence-corrected chi connectivity index (χ1v) is 8.98. The van der Waals surface area contributed by atoms with Crippen molar-refractivity contribution < 1.29 is 4.74 Å². The highest BCUT2D eigenvalue weighted by Crippen LogP contribution is 2.20. The minimum absolute atomic E-state index is 0.727. The lowest BCUT2D eigenvalue weighted by molar-refractivity contribution is 0.146. The fourth-order valence-corrected chi connectivity index (χ4v) is 3.06. The van der Waals surface area contributed by atoms with Crippen LogP contribution in [0.1, 0.15) is 32.3 Å². The van der Waals surface area contributed by atoms with E-state index in [9.17, 15) is 0 Å². The monoisotopic (exact) mass is 317 g/mol. The van der Waals surface area contributed by atoms with Crippen LogP contribution in [0, 0.1) is 5.92 Å². The zero-order valence-electron chi connectivity index (χ0n) is 14.6. The lowest BCUT2D eigenvalue weighted by atomic mass is 9.99. The summed E-state index contributed by atoms with van der Waals surface area (Å²) in [6, 6.07) is 10.8. The van der Waals surface area contributed by atoms with Crippen LogP contribution in [-0.2, 0) is 11.2 Å². The van der Waals surface area contributed by atoms with Crippen LogP contribution in [0.4, 0.5) is 0 Å². The van der Waals surface area contributed by atoms with Gasteiger partial charge >= 0.3 is 0 Å². The van der Waals surface area contributed by atoms with Crippen molar-refractivity contribution in [1.29, 1.82) is 0 Å². The zero-order valence-corrected chi connectivity index (χ0v) is 14.6. The van der Waals surface area contributed by atoms with E-state index in [1.807, 2.05) is 6.92 Å². The summed E-state index contributed by atoms with van der Waals surface area (Å²) in [5, 5.41) is 3.43. The second-order valence-corrected chi connectivity index (χ2v) is 6.08. The normalized spacial score (nSPS) is 18.4. The van der Waals surface area contributed by atoms with E-state index >= 15 is 0 Å².